The molecule has 6 nitrogen and oxygen atoms in total. The van der Waals surface area contributed by atoms with Crippen LogP contribution in [0.5, 0.6) is 11.6 Å². The topological polar surface area (TPSA) is 80.3 Å². The summed E-state index contributed by atoms with van der Waals surface area (Å²) in [6.07, 6.45) is 3.14. The number of fused-ring (bicyclic) bond motifs is 2. The van der Waals surface area contributed by atoms with Crippen LogP contribution >= 0.6 is 22.9 Å². The summed E-state index contributed by atoms with van der Waals surface area (Å²) in [6.45, 7) is 1.87. The molecule has 0 atom stereocenters. The van der Waals surface area contributed by atoms with Gasteiger partial charge in [-0.1, -0.05) is 29.8 Å². The number of ether oxygens (including phenoxy) is 1. The Kier molecular flexibility index (Phi) is 5.38. The summed E-state index contributed by atoms with van der Waals surface area (Å²) in [5.41, 5.74) is 2.15. The maximum Gasteiger partial charge on any atom is 0.269 e. The van der Waals surface area contributed by atoms with E-state index in [0.717, 1.165) is 15.8 Å². The van der Waals surface area contributed by atoms with Gasteiger partial charge in [-0.05, 0) is 61.0 Å². The third-order valence-corrected chi connectivity index (χ3v) is 6.33. The highest BCUT2D eigenvalue weighted by atomic mass is 35.5. The lowest BCUT2D eigenvalue weighted by Gasteiger charge is -2.11. The molecule has 0 bridgehead atoms. The summed E-state index contributed by atoms with van der Waals surface area (Å²) >= 11 is 7.37. The summed E-state index contributed by atoms with van der Waals surface area (Å²) < 4.78 is 8.40. The molecule has 0 N–H and O–H groups in total. The zero-order chi connectivity index (χ0) is 22.9. The fourth-order valence-corrected chi connectivity index (χ4v) is 4.44. The van der Waals surface area contributed by atoms with E-state index < -0.39 is 0 Å². The van der Waals surface area contributed by atoms with E-state index >= 15 is 0 Å². The highest BCUT2D eigenvalue weighted by molar-refractivity contribution is 7.19. The number of aromatic nitrogens is 3. The van der Waals surface area contributed by atoms with E-state index in [4.69, 9.17) is 16.3 Å². The fourth-order valence-electron chi connectivity index (χ4n) is 3.38. The van der Waals surface area contributed by atoms with Crippen molar-refractivity contribution in [1.82, 2.24) is 14.4 Å². The molecule has 0 unspecified atom stereocenters. The molecule has 3 aromatic heterocycles. The number of nitriles is 1. The van der Waals surface area contributed by atoms with Crippen molar-refractivity contribution in [2.75, 3.05) is 0 Å². The van der Waals surface area contributed by atoms with Crippen molar-refractivity contribution in [1.29, 1.82) is 5.26 Å². The molecule has 0 aliphatic rings. The van der Waals surface area contributed by atoms with Crippen LogP contribution in [0.15, 0.2) is 71.7 Å². The Labute approximate surface area is 197 Å². The van der Waals surface area contributed by atoms with Crippen LogP contribution in [0.2, 0.25) is 5.02 Å². The number of allylic oxidation sites excluding steroid dienone is 1. The summed E-state index contributed by atoms with van der Waals surface area (Å²) in [4.78, 5) is 22.6. The highest BCUT2D eigenvalue weighted by Crippen LogP contribution is 2.30. The van der Waals surface area contributed by atoms with Crippen LogP contribution in [-0.4, -0.2) is 14.4 Å². The zero-order valence-corrected chi connectivity index (χ0v) is 18.9. The third-order valence-electron chi connectivity index (χ3n) is 5.01. The number of hydrogen-bond donors (Lipinski definition) is 0. The second-order valence-corrected chi connectivity index (χ2v) is 8.70. The van der Waals surface area contributed by atoms with E-state index in [2.05, 4.69) is 16.0 Å². The highest BCUT2D eigenvalue weighted by Gasteiger charge is 2.17. The predicted octanol–water partition coefficient (Wildman–Crippen LogP) is 6.12. The van der Waals surface area contributed by atoms with Crippen LogP contribution in [0.3, 0.4) is 0 Å². The maximum absolute atomic E-state index is 13.5. The lowest BCUT2D eigenvalue weighted by atomic mass is 10.2. The third kappa shape index (κ3) is 3.98. The summed E-state index contributed by atoms with van der Waals surface area (Å²) in [5.74, 6) is 0.572. The van der Waals surface area contributed by atoms with E-state index in [1.807, 2.05) is 37.3 Å². The van der Waals surface area contributed by atoms with Gasteiger partial charge in [-0.3, -0.25) is 9.20 Å². The molecule has 33 heavy (non-hydrogen) atoms. The number of rotatable bonds is 4. The summed E-state index contributed by atoms with van der Waals surface area (Å²) in [7, 11) is 0. The first-order valence-electron chi connectivity index (χ1n) is 9.96. The van der Waals surface area contributed by atoms with E-state index in [1.165, 1.54) is 21.8 Å². The van der Waals surface area contributed by atoms with Gasteiger partial charge in [0.1, 0.15) is 28.0 Å². The van der Waals surface area contributed by atoms with Crippen LogP contribution < -0.4 is 10.3 Å². The van der Waals surface area contributed by atoms with Gasteiger partial charge >= 0.3 is 0 Å². The number of para-hydroxylation sites is 1. The molecule has 0 fully saturated rings. The van der Waals surface area contributed by atoms with Crippen molar-refractivity contribution >= 4 is 50.5 Å². The number of nitrogens with zero attached hydrogens (tertiary/aromatic N) is 4. The number of halogens is 1. The van der Waals surface area contributed by atoms with Gasteiger partial charge in [-0.25, -0.2) is 4.98 Å². The van der Waals surface area contributed by atoms with Crippen LogP contribution in [0, 0.1) is 18.3 Å². The normalized spacial score (nSPS) is 11.6. The van der Waals surface area contributed by atoms with E-state index in [0.29, 0.717) is 21.4 Å². The number of thiazole rings is 1. The Morgan fingerprint density at radius 2 is 1.91 bits per heavy atom. The molecule has 0 aliphatic heterocycles. The Hall–Kier alpha value is -3.99. The van der Waals surface area contributed by atoms with Crippen molar-refractivity contribution in [2.24, 2.45) is 0 Å². The SMILES string of the molecule is Cc1cccn2c(=O)c(C=C(C#N)c3nc4ccccc4s3)c(Oc3ccc(Cl)cc3)nc12. The molecule has 2 aromatic carbocycles. The zero-order valence-electron chi connectivity index (χ0n) is 17.3. The van der Waals surface area contributed by atoms with Crippen LogP contribution in [0.25, 0.3) is 27.5 Å². The first-order chi connectivity index (χ1) is 16.0. The van der Waals surface area contributed by atoms with Gasteiger partial charge in [0.15, 0.2) is 0 Å². The average Bonchev–Trinajstić information content (AvgIpc) is 3.25. The minimum Gasteiger partial charge on any atom is -0.438 e. The molecule has 0 saturated heterocycles. The van der Waals surface area contributed by atoms with Crippen molar-refractivity contribution in [3.63, 3.8) is 0 Å². The standard InChI is InChI=1S/C25H15ClN4O2S/c1-15-5-4-12-30-22(15)29-23(32-18-10-8-17(26)9-11-18)19(25(30)31)13-16(14-27)24-28-20-6-2-3-7-21(20)33-24/h2-13H,1H3. The van der Waals surface area contributed by atoms with E-state index in [9.17, 15) is 10.1 Å². The van der Waals surface area contributed by atoms with Gasteiger partial charge < -0.3 is 4.74 Å². The smallest absolute Gasteiger partial charge is 0.269 e. The molecule has 8 heteroatoms. The quantitative estimate of drug-likeness (QED) is 0.295. The molecule has 0 amide bonds. The second kappa shape index (κ2) is 8.51. The van der Waals surface area contributed by atoms with Crippen LogP contribution in [0.4, 0.5) is 0 Å². The first-order valence-corrected chi connectivity index (χ1v) is 11.2. The predicted molar refractivity (Wildman–Crippen MR) is 131 cm³/mol. The Balaban J connectivity index is 1.72. The number of benzene rings is 2. The van der Waals surface area contributed by atoms with Gasteiger partial charge in [-0.2, -0.15) is 10.2 Å². The van der Waals surface area contributed by atoms with Crippen LogP contribution in [-0.2, 0) is 0 Å². The summed E-state index contributed by atoms with van der Waals surface area (Å²) in [6, 6.07) is 20.2. The molecule has 5 aromatic rings. The first kappa shape index (κ1) is 20.9. The Morgan fingerprint density at radius 3 is 2.67 bits per heavy atom. The van der Waals surface area contributed by atoms with Gasteiger partial charge in [0.05, 0.1) is 15.8 Å². The lowest BCUT2D eigenvalue weighted by molar-refractivity contribution is 0.461. The maximum atomic E-state index is 13.5. The largest absolute Gasteiger partial charge is 0.438 e. The molecule has 160 valence electrons. The monoisotopic (exact) mass is 470 g/mol. The summed E-state index contributed by atoms with van der Waals surface area (Å²) in [5, 5.41) is 11.0. The van der Waals surface area contributed by atoms with Crippen molar-refractivity contribution < 1.29 is 4.74 Å². The molecule has 3 heterocycles. The molecule has 0 saturated carbocycles. The fraction of sp³-hybridized carbons (Fsp3) is 0.0400. The Bertz CT molecular complexity index is 1610. The van der Waals surface area contributed by atoms with Gasteiger partial charge in [0.25, 0.3) is 5.56 Å². The molecule has 5 rings (SSSR count). The molecule has 0 spiro atoms. The molecule has 0 aliphatic carbocycles. The van der Waals surface area contributed by atoms with Gasteiger partial charge in [0, 0.05) is 11.2 Å². The number of hydrogen-bond acceptors (Lipinski definition) is 6. The average molecular weight is 471 g/mol. The van der Waals surface area contributed by atoms with Crippen LogP contribution in [0.1, 0.15) is 16.1 Å². The van der Waals surface area contributed by atoms with Crippen molar-refractivity contribution in [3.8, 4) is 17.7 Å². The minimum absolute atomic E-state index is 0.102. The number of aryl methyl sites for hydroxylation is 1. The van der Waals surface area contributed by atoms with E-state index in [1.54, 1.807) is 36.5 Å². The Morgan fingerprint density at radius 1 is 1.12 bits per heavy atom. The molecular weight excluding hydrogens is 456 g/mol. The molecule has 0 radical (unpaired) electrons. The minimum atomic E-state index is -0.346. The lowest BCUT2D eigenvalue weighted by Crippen LogP contribution is -2.19. The second-order valence-electron chi connectivity index (χ2n) is 7.23. The van der Waals surface area contributed by atoms with Gasteiger partial charge in [-0.15, -0.1) is 11.3 Å². The molecular formula is C25H15ClN4O2S. The number of pyridine rings is 1. The van der Waals surface area contributed by atoms with Crippen molar-refractivity contribution in [2.45, 2.75) is 6.92 Å². The van der Waals surface area contributed by atoms with Crippen molar-refractivity contribution in [3.05, 3.63) is 98.4 Å². The van der Waals surface area contributed by atoms with E-state index in [-0.39, 0.29) is 22.6 Å². The van der Waals surface area contributed by atoms with Gasteiger partial charge in [0.2, 0.25) is 5.88 Å².